The van der Waals surface area contributed by atoms with Gasteiger partial charge < -0.3 is 16.0 Å². The zero-order valence-corrected chi connectivity index (χ0v) is 16.8. The molecule has 3 N–H and O–H groups in total. The highest BCUT2D eigenvalue weighted by Crippen LogP contribution is 2.17. The highest BCUT2D eigenvalue weighted by atomic mass is 15.3. The highest BCUT2D eigenvalue weighted by molar-refractivity contribution is 5.78. The van der Waals surface area contributed by atoms with Crippen LogP contribution in [-0.4, -0.2) is 56.2 Å². The molecule has 27 heavy (non-hydrogen) atoms. The normalized spacial score (nSPS) is 20.4. The third-order valence-corrected chi connectivity index (χ3v) is 5.87. The third-order valence-electron chi connectivity index (χ3n) is 5.87. The smallest absolute Gasteiger partial charge is 0.188 e. The number of guanidine groups is 1. The molecule has 150 valence electrons. The maximum atomic E-state index is 6.07. The number of unbranched alkanes of at least 4 members (excludes halogenated alkanes) is 1. The van der Waals surface area contributed by atoms with E-state index in [1.54, 1.807) is 0 Å². The van der Waals surface area contributed by atoms with Crippen molar-refractivity contribution in [2.75, 3.05) is 44.2 Å². The molecule has 1 aliphatic heterocycles. The molecule has 0 unspecified atom stereocenters. The van der Waals surface area contributed by atoms with Crippen molar-refractivity contribution < 1.29 is 0 Å². The minimum Gasteiger partial charge on any atom is -0.370 e. The van der Waals surface area contributed by atoms with E-state index < -0.39 is 0 Å². The molecule has 0 radical (unpaired) electrons. The molecule has 1 saturated carbocycles. The SMILES string of the molecule is NC(=NCCCCN1CCN(c2ccccc2)CC1)NC1CCCCCC1. The lowest BCUT2D eigenvalue weighted by Crippen LogP contribution is -2.46. The van der Waals surface area contributed by atoms with Crippen LogP contribution in [0.1, 0.15) is 51.4 Å². The molecular formula is C22H37N5. The van der Waals surface area contributed by atoms with Gasteiger partial charge in [0, 0.05) is 44.5 Å². The van der Waals surface area contributed by atoms with E-state index in [-0.39, 0.29) is 0 Å². The number of nitrogens with one attached hydrogen (secondary N) is 1. The molecule has 2 fully saturated rings. The molecule has 0 atom stereocenters. The van der Waals surface area contributed by atoms with Gasteiger partial charge in [0.15, 0.2) is 5.96 Å². The fourth-order valence-electron chi connectivity index (χ4n) is 4.19. The summed E-state index contributed by atoms with van der Waals surface area (Å²) < 4.78 is 0. The van der Waals surface area contributed by atoms with Gasteiger partial charge in [0.25, 0.3) is 0 Å². The Morgan fingerprint density at radius 3 is 2.37 bits per heavy atom. The van der Waals surface area contributed by atoms with Crippen molar-refractivity contribution in [1.82, 2.24) is 10.2 Å². The van der Waals surface area contributed by atoms with Gasteiger partial charge in [-0.2, -0.15) is 0 Å². The Kier molecular flexibility index (Phi) is 8.28. The van der Waals surface area contributed by atoms with Crippen molar-refractivity contribution in [2.45, 2.75) is 57.4 Å². The summed E-state index contributed by atoms with van der Waals surface area (Å²) in [6, 6.07) is 11.3. The molecule has 5 nitrogen and oxygen atoms in total. The van der Waals surface area contributed by atoms with Crippen molar-refractivity contribution >= 4 is 11.6 Å². The molecule has 0 amide bonds. The first kappa shape index (κ1) is 20.0. The van der Waals surface area contributed by atoms with Gasteiger partial charge in [-0.15, -0.1) is 0 Å². The lowest BCUT2D eigenvalue weighted by atomic mass is 10.1. The number of benzene rings is 1. The van der Waals surface area contributed by atoms with Crippen molar-refractivity contribution in [2.24, 2.45) is 10.7 Å². The van der Waals surface area contributed by atoms with Gasteiger partial charge in [0.1, 0.15) is 0 Å². The van der Waals surface area contributed by atoms with E-state index >= 15 is 0 Å². The first-order valence-electron chi connectivity index (χ1n) is 10.9. The topological polar surface area (TPSA) is 56.9 Å². The third kappa shape index (κ3) is 7.06. The van der Waals surface area contributed by atoms with Gasteiger partial charge in [0.2, 0.25) is 0 Å². The van der Waals surface area contributed by atoms with Crippen LogP contribution in [0, 0.1) is 0 Å². The average molecular weight is 372 g/mol. The molecule has 1 aromatic rings. The Morgan fingerprint density at radius 1 is 0.963 bits per heavy atom. The second-order valence-electron chi connectivity index (χ2n) is 7.97. The van der Waals surface area contributed by atoms with Crippen LogP contribution in [0.4, 0.5) is 5.69 Å². The molecule has 1 aromatic carbocycles. The fourth-order valence-corrected chi connectivity index (χ4v) is 4.19. The molecule has 2 aliphatic rings. The number of hydrogen-bond donors (Lipinski definition) is 2. The molecule has 1 heterocycles. The van der Waals surface area contributed by atoms with Gasteiger partial charge in [-0.3, -0.25) is 9.89 Å². The zero-order valence-electron chi connectivity index (χ0n) is 16.8. The Balaban J connectivity index is 1.26. The number of hydrogen-bond acceptors (Lipinski definition) is 3. The number of nitrogens with zero attached hydrogens (tertiary/aromatic N) is 3. The fraction of sp³-hybridized carbons (Fsp3) is 0.682. The average Bonchev–Trinajstić information content (AvgIpc) is 2.97. The van der Waals surface area contributed by atoms with Gasteiger partial charge >= 0.3 is 0 Å². The first-order chi connectivity index (χ1) is 13.3. The lowest BCUT2D eigenvalue weighted by molar-refractivity contribution is 0.253. The number of aliphatic imine (C=N–C) groups is 1. The van der Waals surface area contributed by atoms with E-state index in [1.165, 1.54) is 57.2 Å². The Labute approximate surface area is 165 Å². The number of nitrogens with two attached hydrogens (primary N) is 1. The molecule has 0 bridgehead atoms. The van der Waals surface area contributed by atoms with Crippen molar-refractivity contribution in [3.8, 4) is 0 Å². The summed E-state index contributed by atoms with van der Waals surface area (Å²) in [5.41, 5.74) is 7.42. The molecule has 1 aliphatic carbocycles. The molecular weight excluding hydrogens is 334 g/mol. The van der Waals surface area contributed by atoms with E-state index in [0.29, 0.717) is 12.0 Å². The summed E-state index contributed by atoms with van der Waals surface area (Å²) in [5.74, 6) is 0.651. The summed E-state index contributed by atoms with van der Waals surface area (Å²) in [4.78, 5) is 9.61. The van der Waals surface area contributed by atoms with Crippen LogP contribution in [-0.2, 0) is 0 Å². The van der Waals surface area contributed by atoms with Crippen molar-refractivity contribution in [3.05, 3.63) is 30.3 Å². The quantitative estimate of drug-likeness (QED) is 0.334. The summed E-state index contributed by atoms with van der Waals surface area (Å²) in [5, 5.41) is 3.43. The Morgan fingerprint density at radius 2 is 1.67 bits per heavy atom. The van der Waals surface area contributed by atoms with E-state index in [0.717, 1.165) is 39.1 Å². The Bertz CT molecular complexity index is 543. The summed E-state index contributed by atoms with van der Waals surface area (Å²) in [6.07, 6.45) is 10.2. The molecule has 3 rings (SSSR count). The van der Waals surface area contributed by atoms with Crippen LogP contribution in [0.25, 0.3) is 0 Å². The zero-order chi connectivity index (χ0) is 18.7. The second-order valence-corrected chi connectivity index (χ2v) is 7.97. The molecule has 0 spiro atoms. The van der Waals surface area contributed by atoms with Crippen molar-refractivity contribution in [1.29, 1.82) is 0 Å². The summed E-state index contributed by atoms with van der Waals surface area (Å²) >= 11 is 0. The first-order valence-corrected chi connectivity index (χ1v) is 10.9. The largest absolute Gasteiger partial charge is 0.370 e. The van der Waals surface area contributed by atoms with E-state index in [4.69, 9.17) is 5.73 Å². The number of piperazine rings is 1. The van der Waals surface area contributed by atoms with Crippen LogP contribution in [0.5, 0.6) is 0 Å². The standard InChI is InChI=1S/C22H37N5/c23-22(25-20-10-4-1-2-5-11-20)24-14-8-9-15-26-16-18-27(19-17-26)21-12-6-3-7-13-21/h3,6-7,12-13,20H,1-2,4-5,8-11,14-19H2,(H3,23,24,25). The predicted octanol–water partition coefficient (Wildman–Crippen LogP) is 3.22. The number of anilines is 1. The maximum absolute atomic E-state index is 6.07. The molecule has 1 saturated heterocycles. The van der Waals surface area contributed by atoms with E-state index in [2.05, 4.69) is 50.4 Å². The number of rotatable bonds is 7. The van der Waals surface area contributed by atoms with E-state index in [1.807, 2.05) is 0 Å². The maximum Gasteiger partial charge on any atom is 0.188 e. The van der Waals surface area contributed by atoms with Crippen LogP contribution >= 0.6 is 0 Å². The monoisotopic (exact) mass is 371 g/mol. The Hall–Kier alpha value is -1.75. The van der Waals surface area contributed by atoms with Crippen LogP contribution in [0.2, 0.25) is 0 Å². The van der Waals surface area contributed by atoms with Gasteiger partial charge in [-0.05, 0) is 44.4 Å². The van der Waals surface area contributed by atoms with Crippen LogP contribution in [0.3, 0.4) is 0 Å². The second kappa shape index (κ2) is 11.2. The summed E-state index contributed by atoms with van der Waals surface area (Å²) in [6.45, 7) is 6.58. The van der Waals surface area contributed by atoms with E-state index in [9.17, 15) is 0 Å². The van der Waals surface area contributed by atoms with Gasteiger partial charge in [-0.1, -0.05) is 43.9 Å². The van der Waals surface area contributed by atoms with Crippen LogP contribution in [0.15, 0.2) is 35.3 Å². The van der Waals surface area contributed by atoms with Gasteiger partial charge in [-0.25, -0.2) is 0 Å². The minimum absolute atomic E-state index is 0.539. The van der Waals surface area contributed by atoms with Gasteiger partial charge in [0.05, 0.1) is 0 Å². The highest BCUT2D eigenvalue weighted by Gasteiger charge is 2.16. The molecule has 0 aromatic heterocycles. The lowest BCUT2D eigenvalue weighted by Gasteiger charge is -2.36. The number of para-hydroxylation sites is 1. The molecule has 5 heteroatoms. The summed E-state index contributed by atoms with van der Waals surface area (Å²) in [7, 11) is 0. The van der Waals surface area contributed by atoms with Crippen LogP contribution < -0.4 is 16.0 Å². The minimum atomic E-state index is 0.539. The van der Waals surface area contributed by atoms with Crippen molar-refractivity contribution in [3.63, 3.8) is 0 Å². The predicted molar refractivity (Wildman–Crippen MR) is 115 cm³/mol.